The molecule has 0 saturated carbocycles. The molecule has 0 aliphatic heterocycles. The van der Waals surface area contributed by atoms with E-state index in [2.05, 4.69) is 93.2 Å². The van der Waals surface area contributed by atoms with Crippen LogP contribution in [0.15, 0.2) is 65.2 Å². The van der Waals surface area contributed by atoms with Gasteiger partial charge in [0.05, 0.1) is 5.56 Å². The van der Waals surface area contributed by atoms with Crippen LogP contribution >= 0.6 is 0 Å². The number of hydrogen-bond acceptors (Lipinski definition) is 1. The molecule has 0 aliphatic carbocycles. The van der Waals surface area contributed by atoms with Crippen LogP contribution in [0.2, 0.25) is 0 Å². The molecule has 0 bridgehead atoms. The topological polar surface area (TPSA) is 17.0 Å². The van der Waals surface area contributed by atoms with Crippen LogP contribution in [-0.4, -0.2) is 0 Å². The van der Waals surface area contributed by atoms with Crippen molar-refractivity contribution in [2.45, 2.75) is 20.8 Å². The van der Waals surface area contributed by atoms with Gasteiger partial charge in [-0.25, -0.2) is 0 Å². The number of hydrogen-bond donors (Lipinski definition) is 0. The number of aryl methyl sites for hydroxylation is 4. The molecule has 5 aromatic rings. The van der Waals surface area contributed by atoms with E-state index < -0.39 is 0 Å². The molecule has 0 unspecified atom stereocenters. The number of benzene rings is 3. The van der Waals surface area contributed by atoms with E-state index in [4.69, 9.17) is 4.42 Å². The van der Waals surface area contributed by atoms with Gasteiger partial charge in [0.15, 0.2) is 11.8 Å². The summed E-state index contributed by atoms with van der Waals surface area (Å²) in [5.41, 5.74) is 8.11. The average Bonchev–Trinajstić information content (AvgIpc) is 3.00. The Morgan fingerprint density at radius 3 is 2.30 bits per heavy atom. The first-order valence-electron chi connectivity index (χ1n) is 9.35. The summed E-state index contributed by atoms with van der Waals surface area (Å²) in [6, 6.07) is 19.6. The van der Waals surface area contributed by atoms with Gasteiger partial charge in [-0.05, 0) is 55.3 Å². The largest absolute Gasteiger partial charge is 0.455 e. The quantitative estimate of drug-likeness (QED) is 0.330. The van der Waals surface area contributed by atoms with Crippen LogP contribution in [0.25, 0.3) is 44.0 Å². The van der Waals surface area contributed by atoms with E-state index in [0.717, 1.165) is 16.7 Å². The van der Waals surface area contributed by atoms with E-state index in [1.165, 1.54) is 43.9 Å². The van der Waals surface area contributed by atoms with Crippen LogP contribution in [-0.2, 0) is 7.05 Å². The van der Waals surface area contributed by atoms with Crippen LogP contribution < -0.4 is 4.57 Å². The van der Waals surface area contributed by atoms with E-state index in [0.29, 0.717) is 0 Å². The van der Waals surface area contributed by atoms with Gasteiger partial charge in [-0.15, -0.1) is 0 Å². The molecule has 2 heteroatoms. The Labute approximate surface area is 158 Å². The van der Waals surface area contributed by atoms with Gasteiger partial charge in [0.2, 0.25) is 5.69 Å². The normalized spacial score (nSPS) is 11.7. The molecule has 3 aromatic carbocycles. The van der Waals surface area contributed by atoms with E-state index in [1.807, 2.05) is 0 Å². The standard InChI is InChI=1S/C25H22NO/c1-15-9-10-20(16(2)11-15)24-23-21-12-18-7-5-6-8-19(18)13-22(21)27-25(23)17(3)14-26(24)4/h5-14H,1-4H3/q+1. The van der Waals surface area contributed by atoms with Gasteiger partial charge in [0.25, 0.3) is 0 Å². The second kappa shape index (κ2) is 5.68. The number of aromatic nitrogens is 1. The first kappa shape index (κ1) is 16.1. The predicted molar refractivity (Wildman–Crippen MR) is 112 cm³/mol. The fourth-order valence-corrected chi connectivity index (χ4v) is 4.29. The Bertz CT molecular complexity index is 1360. The second-order valence-corrected chi connectivity index (χ2v) is 7.59. The Hall–Kier alpha value is -3.13. The Kier molecular flexibility index (Phi) is 3.38. The fraction of sp³-hybridized carbons (Fsp3) is 0.160. The highest BCUT2D eigenvalue weighted by Gasteiger charge is 2.24. The lowest BCUT2D eigenvalue weighted by Gasteiger charge is -2.08. The monoisotopic (exact) mass is 352 g/mol. The van der Waals surface area contributed by atoms with Gasteiger partial charge in [-0.3, -0.25) is 0 Å². The third-order valence-electron chi connectivity index (χ3n) is 5.53. The van der Waals surface area contributed by atoms with Gasteiger partial charge in [0, 0.05) is 10.9 Å². The molecule has 27 heavy (non-hydrogen) atoms. The molecule has 0 saturated heterocycles. The molecule has 0 N–H and O–H groups in total. The molecule has 0 spiro atoms. The lowest BCUT2D eigenvalue weighted by Crippen LogP contribution is -2.31. The summed E-state index contributed by atoms with van der Waals surface area (Å²) >= 11 is 0. The third kappa shape index (κ3) is 2.37. The van der Waals surface area contributed by atoms with E-state index in [1.54, 1.807) is 0 Å². The van der Waals surface area contributed by atoms with Crippen molar-refractivity contribution in [1.82, 2.24) is 0 Å². The summed E-state index contributed by atoms with van der Waals surface area (Å²) in [4.78, 5) is 0. The zero-order valence-corrected chi connectivity index (χ0v) is 16.1. The molecule has 2 nitrogen and oxygen atoms in total. The molecule has 0 amide bonds. The Morgan fingerprint density at radius 2 is 1.56 bits per heavy atom. The SMILES string of the molecule is Cc1ccc(-c2c3c(oc4cc5ccccc5cc43)c(C)c[n+]2C)c(C)c1. The number of nitrogens with zero attached hydrogens (tertiary/aromatic N) is 1. The lowest BCUT2D eigenvalue weighted by atomic mass is 9.97. The van der Waals surface area contributed by atoms with Crippen molar-refractivity contribution < 1.29 is 8.98 Å². The number of rotatable bonds is 1. The lowest BCUT2D eigenvalue weighted by molar-refractivity contribution is -0.659. The minimum absolute atomic E-state index is 0.948. The van der Waals surface area contributed by atoms with Crippen molar-refractivity contribution in [3.8, 4) is 11.3 Å². The van der Waals surface area contributed by atoms with Crippen molar-refractivity contribution in [2.24, 2.45) is 7.05 Å². The van der Waals surface area contributed by atoms with Gasteiger partial charge < -0.3 is 4.42 Å². The number of pyridine rings is 1. The van der Waals surface area contributed by atoms with E-state index in [9.17, 15) is 0 Å². The van der Waals surface area contributed by atoms with Crippen molar-refractivity contribution in [2.75, 3.05) is 0 Å². The first-order chi connectivity index (χ1) is 13.0. The molecular formula is C25H22NO+. The molecule has 0 aliphatic rings. The molecule has 5 rings (SSSR count). The predicted octanol–water partition coefficient (Wildman–Crippen LogP) is 6.16. The molecule has 0 atom stereocenters. The third-order valence-corrected chi connectivity index (χ3v) is 5.53. The van der Waals surface area contributed by atoms with Crippen LogP contribution in [0.4, 0.5) is 0 Å². The summed E-state index contributed by atoms with van der Waals surface area (Å²) in [6.45, 7) is 6.45. The molecule has 2 heterocycles. The van der Waals surface area contributed by atoms with E-state index >= 15 is 0 Å². The highest BCUT2D eigenvalue weighted by atomic mass is 16.3. The minimum Gasteiger partial charge on any atom is -0.455 e. The maximum Gasteiger partial charge on any atom is 0.224 e. The van der Waals surface area contributed by atoms with Crippen molar-refractivity contribution in [3.63, 3.8) is 0 Å². The average molecular weight is 352 g/mol. The maximum atomic E-state index is 6.36. The minimum atomic E-state index is 0.948. The van der Waals surface area contributed by atoms with E-state index in [-0.39, 0.29) is 0 Å². The first-order valence-corrected chi connectivity index (χ1v) is 9.35. The molecule has 0 radical (unpaired) electrons. The van der Waals surface area contributed by atoms with Gasteiger partial charge >= 0.3 is 0 Å². The molecular weight excluding hydrogens is 330 g/mol. The van der Waals surface area contributed by atoms with Crippen molar-refractivity contribution >= 4 is 32.7 Å². The van der Waals surface area contributed by atoms with Gasteiger partial charge in [-0.2, -0.15) is 4.57 Å². The number of fused-ring (bicyclic) bond motifs is 4. The van der Waals surface area contributed by atoms with Gasteiger partial charge in [0.1, 0.15) is 18.0 Å². The van der Waals surface area contributed by atoms with Gasteiger partial charge in [-0.1, -0.05) is 42.0 Å². The van der Waals surface area contributed by atoms with Crippen LogP contribution in [0, 0.1) is 20.8 Å². The molecule has 0 fully saturated rings. The summed E-state index contributed by atoms with van der Waals surface area (Å²) in [7, 11) is 2.13. The van der Waals surface area contributed by atoms with Crippen molar-refractivity contribution in [3.05, 3.63) is 77.5 Å². The smallest absolute Gasteiger partial charge is 0.224 e. The summed E-state index contributed by atoms with van der Waals surface area (Å²) in [5, 5.41) is 4.82. The van der Waals surface area contributed by atoms with Crippen LogP contribution in [0.1, 0.15) is 16.7 Å². The highest BCUT2D eigenvalue weighted by Crippen LogP contribution is 2.38. The maximum absolute atomic E-state index is 6.36. The zero-order valence-electron chi connectivity index (χ0n) is 16.1. The highest BCUT2D eigenvalue weighted by molar-refractivity contribution is 6.14. The zero-order chi connectivity index (χ0) is 18.7. The van der Waals surface area contributed by atoms with Crippen molar-refractivity contribution in [1.29, 1.82) is 0 Å². The van der Waals surface area contributed by atoms with Crippen LogP contribution in [0.5, 0.6) is 0 Å². The fourth-order valence-electron chi connectivity index (χ4n) is 4.29. The summed E-state index contributed by atoms with van der Waals surface area (Å²) < 4.78 is 8.59. The second-order valence-electron chi connectivity index (χ2n) is 7.59. The molecule has 2 aromatic heterocycles. The van der Waals surface area contributed by atoms with Crippen LogP contribution in [0.3, 0.4) is 0 Å². The summed E-state index contributed by atoms with van der Waals surface area (Å²) in [6.07, 6.45) is 2.17. The summed E-state index contributed by atoms with van der Waals surface area (Å²) in [5.74, 6) is 0. The Balaban J connectivity index is 1.99. The molecule has 132 valence electrons. The number of furan rings is 1. The Morgan fingerprint density at radius 1 is 0.815 bits per heavy atom.